The van der Waals surface area contributed by atoms with Crippen LogP contribution < -0.4 is 5.32 Å². The Morgan fingerprint density at radius 3 is 2.14 bits per heavy atom. The molecule has 3 aromatic rings. The molecule has 0 heterocycles. The maximum absolute atomic E-state index is 13.6. The van der Waals surface area contributed by atoms with Gasteiger partial charge in [-0.15, -0.1) is 0 Å². The average Bonchev–Trinajstić information content (AvgIpc) is 2.79. The highest BCUT2D eigenvalue weighted by atomic mass is 19.4. The molecule has 0 aliphatic rings. The molecule has 3 rings (SSSR count). The fourth-order valence-electron chi connectivity index (χ4n) is 3.96. The Morgan fingerprint density at radius 2 is 1.51 bits per heavy atom. The standard InChI is InChI=1S/C28H31F3N2O2/c1-20-4-7-22(8-5-20)17-32-14-3-15-33(18-23-9-11-24(12-10-23)27(34)35)19-25-16-21(2)6-13-26(25)28(29,30)31/h4-13,16,32H,3,14-15,17-19H2,1-2H3,(H,34,35). The molecule has 7 heteroatoms. The Balaban J connectivity index is 1.68. The number of carbonyl (C=O) groups is 1. The molecular formula is C28H31F3N2O2. The van der Waals surface area contributed by atoms with E-state index in [2.05, 4.69) is 29.6 Å². The van der Waals surface area contributed by atoms with E-state index in [0.29, 0.717) is 13.1 Å². The molecule has 0 radical (unpaired) electrons. The van der Waals surface area contributed by atoms with E-state index < -0.39 is 17.7 Å². The van der Waals surface area contributed by atoms with Crippen LogP contribution in [-0.4, -0.2) is 29.1 Å². The summed E-state index contributed by atoms with van der Waals surface area (Å²) in [7, 11) is 0. The third-order valence-electron chi connectivity index (χ3n) is 5.84. The summed E-state index contributed by atoms with van der Waals surface area (Å²) >= 11 is 0. The Morgan fingerprint density at radius 1 is 0.886 bits per heavy atom. The third kappa shape index (κ3) is 8.23. The van der Waals surface area contributed by atoms with Crippen molar-refractivity contribution in [2.45, 2.75) is 46.1 Å². The molecule has 0 aliphatic carbocycles. The zero-order chi connectivity index (χ0) is 25.4. The van der Waals surface area contributed by atoms with Crippen LogP contribution in [0.3, 0.4) is 0 Å². The Bertz CT molecular complexity index is 1110. The van der Waals surface area contributed by atoms with E-state index in [9.17, 15) is 18.0 Å². The minimum Gasteiger partial charge on any atom is -0.478 e. The van der Waals surface area contributed by atoms with Gasteiger partial charge < -0.3 is 10.4 Å². The number of alkyl halides is 3. The monoisotopic (exact) mass is 484 g/mol. The summed E-state index contributed by atoms with van der Waals surface area (Å²) in [6.07, 6.45) is -3.67. The van der Waals surface area contributed by atoms with Crippen molar-refractivity contribution in [3.63, 3.8) is 0 Å². The van der Waals surface area contributed by atoms with Crippen LogP contribution in [0.25, 0.3) is 0 Å². The van der Waals surface area contributed by atoms with Crippen molar-refractivity contribution in [2.75, 3.05) is 13.1 Å². The predicted octanol–water partition coefficient (Wildman–Crippen LogP) is 6.20. The molecular weight excluding hydrogens is 453 g/mol. The zero-order valence-corrected chi connectivity index (χ0v) is 20.0. The number of rotatable bonds is 11. The van der Waals surface area contributed by atoms with Gasteiger partial charge in [-0.1, -0.05) is 59.7 Å². The highest BCUT2D eigenvalue weighted by Gasteiger charge is 2.33. The molecule has 0 fully saturated rings. The van der Waals surface area contributed by atoms with Crippen LogP contribution in [0.15, 0.2) is 66.7 Å². The van der Waals surface area contributed by atoms with Crippen molar-refractivity contribution in [3.05, 3.63) is 106 Å². The fraction of sp³-hybridized carbons (Fsp3) is 0.321. The first-order valence-corrected chi connectivity index (χ1v) is 11.6. The second kappa shape index (κ2) is 12.0. The van der Waals surface area contributed by atoms with Crippen LogP contribution in [0.5, 0.6) is 0 Å². The predicted molar refractivity (Wildman–Crippen MR) is 131 cm³/mol. The van der Waals surface area contributed by atoms with Gasteiger partial charge in [-0.2, -0.15) is 13.2 Å². The van der Waals surface area contributed by atoms with E-state index >= 15 is 0 Å². The average molecular weight is 485 g/mol. The lowest BCUT2D eigenvalue weighted by molar-refractivity contribution is -0.138. The first kappa shape index (κ1) is 26.4. The van der Waals surface area contributed by atoms with E-state index in [-0.39, 0.29) is 17.7 Å². The van der Waals surface area contributed by atoms with Gasteiger partial charge in [-0.25, -0.2) is 4.79 Å². The number of carboxylic acids is 1. The molecule has 0 atom stereocenters. The fourth-order valence-corrected chi connectivity index (χ4v) is 3.96. The molecule has 0 saturated heterocycles. The zero-order valence-electron chi connectivity index (χ0n) is 20.0. The van der Waals surface area contributed by atoms with Crippen molar-refractivity contribution in [1.29, 1.82) is 0 Å². The molecule has 0 aliphatic heterocycles. The molecule has 4 nitrogen and oxygen atoms in total. The van der Waals surface area contributed by atoms with E-state index in [0.717, 1.165) is 36.7 Å². The van der Waals surface area contributed by atoms with Crippen molar-refractivity contribution >= 4 is 5.97 Å². The lowest BCUT2D eigenvalue weighted by Gasteiger charge is -2.25. The smallest absolute Gasteiger partial charge is 0.416 e. The van der Waals surface area contributed by atoms with Gasteiger partial charge in [0, 0.05) is 26.2 Å². The summed E-state index contributed by atoms with van der Waals surface area (Å²) in [6, 6.07) is 19.0. The topological polar surface area (TPSA) is 52.6 Å². The minimum absolute atomic E-state index is 0.148. The second-order valence-corrected chi connectivity index (χ2v) is 8.89. The largest absolute Gasteiger partial charge is 0.478 e. The Hall–Kier alpha value is -3.16. The number of benzene rings is 3. The highest BCUT2D eigenvalue weighted by molar-refractivity contribution is 5.87. The molecule has 0 aromatic heterocycles. The van der Waals surface area contributed by atoms with Gasteiger partial charge in [0.25, 0.3) is 0 Å². The van der Waals surface area contributed by atoms with Crippen LogP contribution in [0.1, 0.15) is 50.2 Å². The van der Waals surface area contributed by atoms with Gasteiger partial charge in [0.2, 0.25) is 0 Å². The van der Waals surface area contributed by atoms with Crippen LogP contribution in [0.4, 0.5) is 13.2 Å². The molecule has 0 amide bonds. The van der Waals surface area contributed by atoms with Crippen LogP contribution in [0.2, 0.25) is 0 Å². The molecule has 186 valence electrons. The van der Waals surface area contributed by atoms with Gasteiger partial charge >= 0.3 is 12.1 Å². The van der Waals surface area contributed by atoms with Crippen LogP contribution in [0, 0.1) is 13.8 Å². The summed E-state index contributed by atoms with van der Waals surface area (Å²) in [5.41, 5.74) is 3.82. The number of aryl methyl sites for hydroxylation is 2. The van der Waals surface area contributed by atoms with Gasteiger partial charge in [-0.3, -0.25) is 4.90 Å². The van der Waals surface area contributed by atoms with Crippen molar-refractivity contribution in [2.24, 2.45) is 0 Å². The summed E-state index contributed by atoms with van der Waals surface area (Å²) in [5.74, 6) is -1.01. The van der Waals surface area contributed by atoms with Crippen molar-refractivity contribution < 1.29 is 23.1 Å². The normalized spacial score (nSPS) is 11.7. The minimum atomic E-state index is -4.42. The molecule has 2 N–H and O–H groups in total. The SMILES string of the molecule is Cc1ccc(CNCCCN(Cc2ccc(C(=O)O)cc2)Cc2cc(C)ccc2C(F)(F)F)cc1. The summed E-state index contributed by atoms with van der Waals surface area (Å²) in [4.78, 5) is 13.1. The molecule has 3 aromatic carbocycles. The number of nitrogens with one attached hydrogen (secondary N) is 1. The van der Waals surface area contributed by atoms with E-state index in [1.807, 2.05) is 11.8 Å². The number of halogens is 3. The number of hydrogen-bond acceptors (Lipinski definition) is 3. The number of aromatic carboxylic acids is 1. The highest BCUT2D eigenvalue weighted by Crippen LogP contribution is 2.33. The van der Waals surface area contributed by atoms with Crippen molar-refractivity contribution in [1.82, 2.24) is 10.2 Å². The third-order valence-corrected chi connectivity index (χ3v) is 5.84. The summed E-state index contributed by atoms with van der Waals surface area (Å²) in [5, 5.41) is 12.5. The Labute approximate surface area is 204 Å². The van der Waals surface area contributed by atoms with Crippen LogP contribution in [-0.2, 0) is 25.8 Å². The first-order chi connectivity index (χ1) is 16.6. The quantitative estimate of drug-likeness (QED) is 0.318. The molecule has 0 saturated carbocycles. The van der Waals surface area contributed by atoms with E-state index in [1.165, 1.54) is 29.3 Å². The number of carboxylic acid groups (broad SMARTS) is 1. The lowest BCUT2D eigenvalue weighted by atomic mass is 10.0. The maximum Gasteiger partial charge on any atom is 0.416 e. The lowest BCUT2D eigenvalue weighted by Crippen LogP contribution is -2.28. The number of nitrogens with zero attached hydrogens (tertiary/aromatic N) is 1. The van der Waals surface area contributed by atoms with Gasteiger partial charge in [0.1, 0.15) is 0 Å². The summed E-state index contributed by atoms with van der Waals surface area (Å²) < 4.78 is 40.9. The molecule has 0 bridgehead atoms. The van der Waals surface area contributed by atoms with Gasteiger partial charge in [0.05, 0.1) is 11.1 Å². The second-order valence-electron chi connectivity index (χ2n) is 8.89. The Kier molecular flexibility index (Phi) is 9.07. The van der Waals surface area contributed by atoms with Gasteiger partial charge in [-0.05, 0) is 61.7 Å². The van der Waals surface area contributed by atoms with Crippen LogP contribution >= 0.6 is 0 Å². The molecule has 0 unspecified atom stereocenters. The van der Waals surface area contributed by atoms with E-state index in [4.69, 9.17) is 5.11 Å². The summed E-state index contributed by atoms with van der Waals surface area (Å²) in [6.45, 7) is 6.44. The number of hydrogen-bond donors (Lipinski definition) is 2. The van der Waals surface area contributed by atoms with Gasteiger partial charge in [0.15, 0.2) is 0 Å². The van der Waals surface area contributed by atoms with E-state index in [1.54, 1.807) is 25.1 Å². The molecule has 35 heavy (non-hydrogen) atoms. The molecule has 0 spiro atoms. The van der Waals surface area contributed by atoms with Crippen molar-refractivity contribution in [3.8, 4) is 0 Å². The first-order valence-electron chi connectivity index (χ1n) is 11.6. The maximum atomic E-state index is 13.6.